The second kappa shape index (κ2) is 8.17. The molecule has 2 aliphatic rings. The lowest BCUT2D eigenvalue weighted by atomic mass is 10.2. The van der Waals surface area contributed by atoms with Crippen molar-refractivity contribution in [1.82, 2.24) is 14.9 Å². The third kappa shape index (κ3) is 4.07. The maximum absolute atomic E-state index is 11.8. The molecule has 1 amide bonds. The Kier molecular flexibility index (Phi) is 5.72. The third-order valence-corrected chi connectivity index (χ3v) is 4.70. The van der Waals surface area contributed by atoms with Gasteiger partial charge in [0, 0.05) is 45.3 Å². The van der Waals surface area contributed by atoms with Crippen LogP contribution in [0.1, 0.15) is 32.6 Å². The van der Waals surface area contributed by atoms with E-state index in [9.17, 15) is 4.79 Å². The number of anilines is 2. The number of rotatable bonds is 3. The molecule has 0 spiro atoms. The molecule has 2 saturated heterocycles. The molecule has 7 heteroatoms. The van der Waals surface area contributed by atoms with Crippen molar-refractivity contribution in [3.05, 3.63) is 12.4 Å². The Labute approximate surface area is 143 Å². The molecule has 0 N–H and O–H groups in total. The number of aromatic nitrogens is 2. The van der Waals surface area contributed by atoms with E-state index in [-0.39, 0.29) is 6.09 Å². The maximum Gasteiger partial charge on any atom is 0.409 e. The molecule has 0 radical (unpaired) electrons. The second-order valence-electron chi connectivity index (χ2n) is 6.31. The average Bonchev–Trinajstić information content (AvgIpc) is 2.92. The highest BCUT2D eigenvalue weighted by molar-refractivity contribution is 5.68. The number of hydrogen-bond acceptors (Lipinski definition) is 6. The highest BCUT2D eigenvalue weighted by Crippen LogP contribution is 2.21. The van der Waals surface area contributed by atoms with Crippen molar-refractivity contribution in [2.45, 2.75) is 32.6 Å². The summed E-state index contributed by atoms with van der Waals surface area (Å²) in [6.45, 7) is 7.29. The molecule has 24 heavy (non-hydrogen) atoms. The fraction of sp³-hybridized carbons (Fsp3) is 0.706. The average molecular weight is 333 g/mol. The first-order valence-electron chi connectivity index (χ1n) is 9.01. The molecule has 3 rings (SSSR count). The van der Waals surface area contributed by atoms with E-state index in [4.69, 9.17) is 4.74 Å². The van der Waals surface area contributed by atoms with E-state index >= 15 is 0 Å². The fourth-order valence-electron chi connectivity index (χ4n) is 3.32. The summed E-state index contributed by atoms with van der Waals surface area (Å²) in [6, 6.07) is 2.09. The van der Waals surface area contributed by atoms with Crippen molar-refractivity contribution in [2.75, 3.05) is 55.7 Å². The molecule has 132 valence electrons. The maximum atomic E-state index is 11.8. The summed E-state index contributed by atoms with van der Waals surface area (Å²) in [4.78, 5) is 27.0. The van der Waals surface area contributed by atoms with Crippen LogP contribution in [0, 0.1) is 0 Å². The van der Waals surface area contributed by atoms with Crippen LogP contribution in [0.3, 0.4) is 0 Å². The van der Waals surface area contributed by atoms with Crippen LogP contribution in [0.25, 0.3) is 0 Å². The zero-order valence-electron chi connectivity index (χ0n) is 14.5. The summed E-state index contributed by atoms with van der Waals surface area (Å²) >= 11 is 0. The minimum atomic E-state index is -0.218. The molecule has 0 unspecified atom stereocenters. The standard InChI is InChI=1S/C17H27N5O2/c1-2-24-17(23)22-11-9-21(10-12-22)16-13-15(18-14-19-16)20-7-5-3-4-6-8-20/h13-14H,2-12H2,1H3. The predicted octanol–water partition coefficient (Wildman–Crippen LogP) is 2.14. The monoisotopic (exact) mass is 333 g/mol. The molecule has 1 aromatic rings. The van der Waals surface area contributed by atoms with E-state index in [2.05, 4.69) is 25.8 Å². The van der Waals surface area contributed by atoms with E-state index in [0.717, 1.165) is 37.8 Å². The zero-order chi connectivity index (χ0) is 16.8. The van der Waals surface area contributed by atoms with E-state index in [1.165, 1.54) is 25.7 Å². The molecule has 7 nitrogen and oxygen atoms in total. The van der Waals surface area contributed by atoms with Gasteiger partial charge in [-0.05, 0) is 19.8 Å². The van der Waals surface area contributed by atoms with Gasteiger partial charge in [-0.15, -0.1) is 0 Å². The smallest absolute Gasteiger partial charge is 0.409 e. The minimum absolute atomic E-state index is 0.218. The molecule has 0 aliphatic carbocycles. The van der Waals surface area contributed by atoms with Crippen LogP contribution in [0.5, 0.6) is 0 Å². The van der Waals surface area contributed by atoms with Crippen molar-refractivity contribution >= 4 is 17.7 Å². The first-order chi connectivity index (χ1) is 11.8. The fourth-order valence-corrected chi connectivity index (χ4v) is 3.32. The summed E-state index contributed by atoms with van der Waals surface area (Å²) in [5, 5.41) is 0. The quantitative estimate of drug-likeness (QED) is 0.844. The van der Waals surface area contributed by atoms with Gasteiger partial charge in [0.1, 0.15) is 18.0 Å². The molecule has 2 fully saturated rings. The topological polar surface area (TPSA) is 61.8 Å². The van der Waals surface area contributed by atoms with Gasteiger partial charge in [-0.25, -0.2) is 14.8 Å². The largest absolute Gasteiger partial charge is 0.450 e. The van der Waals surface area contributed by atoms with Gasteiger partial charge in [-0.2, -0.15) is 0 Å². The van der Waals surface area contributed by atoms with Crippen LogP contribution < -0.4 is 9.80 Å². The Morgan fingerprint density at radius 3 is 2.12 bits per heavy atom. The first-order valence-corrected chi connectivity index (χ1v) is 9.01. The highest BCUT2D eigenvalue weighted by atomic mass is 16.6. The molecule has 0 saturated carbocycles. The molecule has 3 heterocycles. The number of amides is 1. The van der Waals surface area contributed by atoms with Gasteiger partial charge in [0.05, 0.1) is 6.61 Å². The van der Waals surface area contributed by atoms with Gasteiger partial charge >= 0.3 is 6.09 Å². The lowest BCUT2D eigenvalue weighted by Crippen LogP contribution is -2.49. The number of hydrogen-bond donors (Lipinski definition) is 0. The molecular weight excluding hydrogens is 306 g/mol. The summed E-state index contributed by atoms with van der Waals surface area (Å²) in [5.41, 5.74) is 0. The Morgan fingerprint density at radius 2 is 1.54 bits per heavy atom. The number of carbonyl (C=O) groups is 1. The van der Waals surface area contributed by atoms with Crippen LogP contribution in [-0.2, 0) is 4.74 Å². The summed E-state index contributed by atoms with van der Waals surface area (Å²) in [7, 11) is 0. The Hall–Kier alpha value is -2.05. The van der Waals surface area contributed by atoms with Gasteiger partial charge in [0.25, 0.3) is 0 Å². The summed E-state index contributed by atoms with van der Waals surface area (Å²) in [5.74, 6) is 1.97. The number of piperazine rings is 1. The van der Waals surface area contributed by atoms with E-state index in [1.807, 2.05) is 6.92 Å². The zero-order valence-corrected chi connectivity index (χ0v) is 14.5. The van der Waals surface area contributed by atoms with E-state index in [1.54, 1.807) is 11.2 Å². The van der Waals surface area contributed by atoms with Crippen molar-refractivity contribution in [2.24, 2.45) is 0 Å². The van der Waals surface area contributed by atoms with Crippen LogP contribution in [0.15, 0.2) is 12.4 Å². The van der Waals surface area contributed by atoms with Gasteiger partial charge in [-0.3, -0.25) is 0 Å². The van der Waals surface area contributed by atoms with Crippen molar-refractivity contribution in [1.29, 1.82) is 0 Å². The van der Waals surface area contributed by atoms with Crippen LogP contribution in [0.2, 0.25) is 0 Å². The number of nitrogens with zero attached hydrogens (tertiary/aromatic N) is 5. The van der Waals surface area contributed by atoms with Crippen molar-refractivity contribution in [3.63, 3.8) is 0 Å². The number of ether oxygens (including phenoxy) is 1. The molecule has 1 aromatic heterocycles. The van der Waals surface area contributed by atoms with Gasteiger partial charge < -0.3 is 19.4 Å². The summed E-state index contributed by atoms with van der Waals surface area (Å²) in [6.07, 6.45) is 6.53. The lowest BCUT2D eigenvalue weighted by molar-refractivity contribution is 0.105. The normalized spacial score (nSPS) is 19.1. The third-order valence-electron chi connectivity index (χ3n) is 4.70. The van der Waals surface area contributed by atoms with E-state index in [0.29, 0.717) is 19.7 Å². The van der Waals surface area contributed by atoms with Crippen LogP contribution in [0.4, 0.5) is 16.4 Å². The minimum Gasteiger partial charge on any atom is -0.450 e. The molecule has 0 atom stereocenters. The Bertz CT molecular complexity index is 538. The molecule has 0 aromatic carbocycles. The highest BCUT2D eigenvalue weighted by Gasteiger charge is 2.23. The number of carbonyl (C=O) groups excluding carboxylic acids is 1. The molecular formula is C17H27N5O2. The second-order valence-corrected chi connectivity index (χ2v) is 6.31. The summed E-state index contributed by atoms with van der Waals surface area (Å²) < 4.78 is 5.07. The molecule has 2 aliphatic heterocycles. The molecule has 0 bridgehead atoms. The first kappa shape index (κ1) is 16.8. The van der Waals surface area contributed by atoms with Gasteiger partial charge in [0.2, 0.25) is 0 Å². The van der Waals surface area contributed by atoms with Crippen LogP contribution in [-0.4, -0.2) is 66.8 Å². The van der Waals surface area contributed by atoms with Gasteiger partial charge in [0.15, 0.2) is 0 Å². The SMILES string of the molecule is CCOC(=O)N1CCN(c2cc(N3CCCCCC3)ncn2)CC1. The Morgan fingerprint density at radius 1 is 0.958 bits per heavy atom. The van der Waals surface area contributed by atoms with Crippen LogP contribution >= 0.6 is 0 Å². The van der Waals surface area contributed by atoms with Crippen molar-refractivity contribution in [3.8, 4) is 0 Å². The predicted molar refractivity (Wildman–Crippen MR) is 93.5 cm³/mol. The van der Waals surface area contributed by atoms with Gasteiger partial charge in [-0.1, -0.05) is 12.8 Å². The van der Waals surface area contributed by atoms with E-state index < -0.39 is 0 Å². The Balaban J connectivity index is 1.61. The van der Waals surface area contributed by atoms with Crippen molar-refractivity contribution < 1.29 is 9.53 Å². The lowest BCUT2D eigenvalue weighted by Gasteiger charge is -2.35.